The van der Waals surface area contributed by atoms with E-state index in [1.807, 2.05) is 11.0 Å². The number of carbonyl (C=O) groups excluding carboxylic acids is 3. The molecular formula is C21H23BrN4O3. The summed E-state index contributed by atoms with van der Waals surface area (Å²) in [4.78, 5) is 42.4. The lowest BCUT2D eigenvalue weighted by Gasteiger charge is -2.30. The summed E-state index contributed by atoms with van der Waals surface area (Å²) in [6.07, 6.45) is 3.02. The monoisotopic (exact) mass is 458 g/mol. The number of amides is 2. The number of anilines is 2. The van der Waals surface area contributed by atoms with Crippen LogP contribution in [-0.4, -0.2) is 47.1 Å². The van der Waals surface area contributed by atoms with Gasteiger partial charge in [0.15, 0.2) is 5.78 Å². The number of rotatable bonds is 6. The molecule has 0 atom stereocenters. The van der Waals surface area contributed by atoms with Crippen LogP contribution in [0.3, 0.4) is 0 Å². The van der Waals surface area contributed by atoms with Crippen molar-refractivity contribution in [3.05, 3.63) is 52.6 Å². The van der Waals surface area contributed by atoms with Crippen LogP contribution in [0, 0.1) is 5.92 Å². The maximum absolute atomic E-state index is 12.4. The zero-order valence-corrected chi connectivity index (χ0v) is 17.7. The smallest absolute Gasteiger partial charge is 0.238 e. The lowest BCUT2D eigenvalue weighted by atomic mass is 9.96. The highest BCUT2D eigenvalue weighted by Crippen LogP contribution is 2.20. The van der Waals surface area contributed by atoms with E-state index in [0.29, 0.717) is 43.0 Å². The highest BCUT2D eigenvalue weighted by Gasteiger charge is 2.26. The average Bonchev–Trinajstić information content (AvgIpc) is 2.70. The predicted octanol–water partition coefficient (Wildman–Crippen LogP) is 3.34. The van der Waals surface area contributed by atoms with Crippen molar-refractivity contribution in [1.29, 1.82) is 0 Å². The second-order valence-corrected chi connectivity index (χ2v) is 8.00. The minimum absolute atomic E-state index is 0.0371. The standard InChI is InChI=1S/C21H23BrN4O3/c1-14(27)16-3-2-4-18(11-16)24-20(28)13-26-9-7-15(8-10-26)21(29)25-19-6-5-17(22)12-23-19/h2-6,11-12,15H,7-10,13H2,1H3,(H,24,28)(H,23,25,29). The van der Waals surface area contributed by atoms with Crippen LogP contribution in [0.25, 0.3) is 0 Å². The third-order valence-corrected chi connectivity index (χ3v) is 5.33. The number of benzene rings is 1. The van der Waals surface area contributed by atoms with Crippen molar-refractivity contribution in [2.24, 2.45) is 5.92 Å². The van der Waals surface area contributed by atoms with Gasteiger partial charge >= 0.3 is 0 Å². The van der Waals surface area contributed by atoms with Gasteiger partial charge in [0, 0.05) is 27.8 Å². The fraction of sp³-hybridized carbons (Fsp3) is 0.333. The molecule has 1 aliphatic rings. The normalized spacial score (nSPS) is 15.0. The van der Waals surface area contributed by atoms with Crippen molar-refractivity contribution >= 4 is 45.0 Å². The molecule has 2 aromatic rings. The van der Waals surface area contributed by atoms with Gasteiger partial charge in [-0.25, -0.2) is 4.98 Å². The molecule has 0 unspecified atom stereocenters. The van der Waals surface area contributed by atoms with Crippen LogP contribution in [0.1, 0.15) is 30.1 Å². The van der Waals surface area contributed by atoms with Gasteiger partial charge in [-0.05, 0) is 73.1 Å². The number of nitrogens with zero attached hydrogens (tertiary/aromatic N) is 2. The fourth-order valence-electron chi connectivity index (χ4n) is 3.25. The summed E-state index contributed by atoms with van der Waals surface area (Å²) in [6.45, 7) is 3.10. The minimum Gasteiger partial charge on any atom is -0.325 e. The van der Waals surface area contributed by atoms with Crippen molar-refractivity contribution < 1.29 is 14.4 Å². The molecule has 0 radical (unpaired) electrons. The Morgan fingerprint density at radius 2 is 1.90 bits per heavy atom. The maximum Gasteiger partial charge on any atom is 0.238 e. The molecule has 1 fully saturated rings. The summed E-state index contributed by atoms with van der Waals surface area (Å²) in [5.41, 5.74) is 1.17. The summed E-state index contributed by atoms with van der Waals surface area (Å²) in [6, 6.07) is 10.5. The van der Waals surface area contributed by atoms with E-state index < -0.39 is 0 Å². The molecule has 0 saturated carbocycles. The first-order chi connectivity index (χ1) is 13.9. The maximum atomic E-state index is 12.4. The Kier molecular flexibility index (Phi) is 7.11. The number of hydrogen-bond donors (Lipinski definition) is 2. The Balaban J connectivity index is 1.45. The van der Waals surface area contributed by atoms with E-state index in [1.54, 1.807) is 36.5 Å². The molecule has 1 aromatic carbocycles. The number of ketones is 1. The van der Waals surface area contributed by atoms with E-state index in [2.05, 4.69) is 31.5 Å². The van der Waals surface area contributed by atoms with E-state index in [4.69, 9.17) is 0 Å². The highest BCUT2D eigenvalue weighted by molar-refractivity contribution is 9.10. The molecule has 7 nitrogen and oxygen atoms in total. The first kappa shape index (κ1) is 21.1. The Morgan fingerprint density at radius 3 is 2.55 bits per heavy atom. The van der Waals surface area contributed by atoms with Crippen LogP contribution in [0.4, 0.5) is 11.5 Å². The van der Waals surface area contributed by atoms with E-state index in [9.17, 15) is 14.4 Å². The molecule has 2 heterocycles. The number of nitrogens with one attached hydrogen (secondary N) is 2. The molecule has 1 aliphatic heterocycles. The average molecular weight is 459 g/mol. The van der Waals surface area contributed by atoms with Gasteiger partial charge in [0.05, 0.1) is 6.54 Å². The molecule has 1 saturated heterocycles. The number of aromatic nitrogens is 1. The summed E-state index contributed by atoms with van der Waals surface area (Å²) < 4.78 is 0.857. The molecule has 3 rings (SSSR count). The molecule has 0 aliphatic carbocycles. The summed E-state index contributed by atoms with van der Waals surface area (Å²) in [5, 5.41) is 5.68. The van der Waals surface area contributed by atoms with Crippen molar-refractivity contribution in [2.45, 2.75) is 19.8 Å². The van der Waals surface area contributed by atoms with Gasteiger partial charge in [0.25, 0.3) is 0 Å². The first-order valence-corrected chi connectivity index (χ1v) is 10.3. The molecule has 152 valence electrons. The quantitative estimate of drug-likeness (QED) is 0.647. The number of carbonyl (C=O) groups is 3. The molecule has 29 heavy (non-hydrogen) atoms. The molecule has 2 N–H and O–H groups in total. The van der Waals surface area contributed by atoms with Gasteiger partial charge in [-0.1, -0.05) is 12.1 Å². The largest absolute Gasteiger partial charge is 0.325 e. The minimum atomic E-state index is -0.132. The van der Waals surface area contributed by atoms with Crippen LogP contribution in [0.5, 0.6) is 0 Å². The van der Waals surface area contributed by atoms with Crippen LogP contribution >= 0.6 is 15.9 Å². The summed E-state index contributed by atoms with van der Waals surface area (Å²) in [7, 11) is 0. The Morgan fingerprint density at radius 1 is 1.14 bits per heavy atom. The number of piperidine rings is 1. The molecular weight excluding hydrogens is 436 g/mol. The summed E-state index contributed by atoms with van der Waals surface area (Å²) >= 11 is 3.32. The molecule has 2 amide bonds. The van der Waals surface area contributed by atoms with E-state index in [1.165, 1.54) is 6.92 Å². The number of pyridine rings is 1. The number of Topliss-reactive ketones (excluding diaryl/α,β-unsaturated/α-hetero) is 1. The number of likely N-dealkylation sites (tertiary alicyclic amines) is 1. The van der Waals surface area contributed by atoms with Crippen LogP contribution in [0.2, 0.25) is 0 Å². The lowest BCUT2D eigenvalue weighted by Crippen LogP contribution is -2.41. The lowest BCUT2D eigenvalue weighted by molar-refractivity contribution is -0.121. The molecule has 8 heteroatoms. The van der Waals surface area contributed by atoms with E-state index in [0.717, 1.165) is 4.47 Å². The van der Waals surface area contributed by atoms with Crippen molar-refractivity contribution in [2.75, 3.05) is 30.3 Å². The zero-order chi connectivity index (χ0) is 20.8. The SMILES string of the molecule is CC(=O)c1cccc(NC(=O)CN2CCC(C(=O)Nc3ccc(Br)cn3)CC2)c1. The number of halogens is 1. The second kappa shape index (κ2) is 9.76. The molecule has 1 aromatic heterocycles. The number of hydrogen-bond acceptors (Lipinski definition) is 5. The van der Waals surface area contributed by atoms with Crippen molar-refractivity contribution in [3.63, 3.8) is 0 Å². The van der Waals surface area contributed by atoms with Crippen LogP contribution in [0.15, 0.2) is 47.1 Å². The Hall–Kier alpha value is -2.58. The second-order valence-electron chi connectivity index (χ2n) is 7.09. The van der Waals surface area contributed by atoms with Crippen LogP contribution < -0.4 is 10.6 Å². The van der Waals surface area contributed by atoms with Gasteiger partial charge in [-0.2, -0.15) is 0 Å². The van der Waals surface area contributed by atoms with E-state index in [-0.39, 0.29) is 30.1 Å². The first-order valence-electron chi connectivity index (χ1n) is 9.46. The zero-order valence-electron chi connectivity index (χ0n) is 16.2. The van der Waals surface area contributed by atoms with Crippen molar-refractivity contribution in [3.8, 4) is 0 Å². The topological polar surface area (TPSA) is 91.4 Å². The molecule has 0 bridgehead atoms. The third kappa shape index (κ3) is 6.20. The Labute approximate surface area is 178 Å². The Bertz CT molecular complexity index is 893. The van der Waals surface area contributed by atoms with Gasteiger partial charge in [0.1, 0.15) is 5.82 Å². The van der Waals surface area contributed by atoms with Crippen LogP contribution in [-0.2, 0) is 9.59 Å². The van der Waals surface area contributed by atoms with Gasteiger partial charge in [0.2, 0.25) is 11.8 Å². The third-order valence-electron chi connectivity index (χ3n) is 4.86. The van der Waals surface area contributed by atoms with Gasteiger partial charge in [-0.15, -0.1) is 0 Å². The van der Waals surface area contributed by atoms with Gasteiger partial charge in [-0.3, -0.25) is 19.3 Å². The van der Waals surface area contributed by atoms with Crippen molar-refractivity contribution in [1.82, 2.24) is 9.88 Å². The highest BCUT2D eigenvalue weighted by atomic mass is 79.9. The predicted molar refractivity (Wildman–Crippen MR) is 115 cm³/mol. The van der Waals surface area contributed by atoms with E-state index >= 15 is 0 Å². The summed E-state index contributed by atoms with van der Waals surface area (Å²) in [5.74, 6) is 0.234. The molecule has 0 spiro atoms. The van der Waals surface area contributed by atoms with Gasteiger partial charge < -0.3 is 10.6 Å². The fourth-order valence-corrected chi connectivity index (χ4v) is 3.49.